The molecule has 0 fully saturated rings. The van der Waals surface area contributed by atoms with Gasteiger partial charge in [0.25, 0.3) is 0 Å². The van der Waals surface area contributed by atoms with Crippen LogP contribution in [0.3, 0.4) is 0 Å². The molecule has 1 aromatic carbocycles. The Morgan fingerprint density at radius 3 is 2.50 bits per heavy atom. The molecule has 3 aromatic rings. The van der Waals surface area contributed by atoms with Crippen LogP contribution in [-0.2, 0) is 6.18 Å². The summed E-state index contributed by atoms with van der Waals surface area (Å²) in [4.78, 5) is 10.9. The van der Waals surface area contributed by atoms with Gasteiger partial charge in [-0.3, -0.25) is 0 Å². The number of hydrogen-bond acceptors (Lipinski definition) is 3. The van der Waals surface area contributed by atoms with Crippen molar-refractivity contribution in [2.75, 3.05) is 0 Å². The number of fused-ring (bicyclic) bond motifs is 2. The van der Waals surface area contributed by atoms with Gasteiger partial charge >= 0.3 is 6.18 Å². The summed E-state index contributed by atoms with van der Waals surface area (Å²) in [7, 11) is 0. The number of rotatable bonds is 0. The van der Waals surface area contributed by atoms with Crippen LogP contribution in [0.5, 0.6) is 0 Å². The lowest BCUT2D eigenvalue weighted by Crippen LogP contribution is -2.10. The zero-order valence-corrected chi connectivity index (χ0v) is 8.94. The van der Waals surface area contributed by atoms with Crippen molar-refractivity contribution in [1.82, 2.24) is 15.0 Å². The van der Waals surface area contributed by atoms with Crippen molar-refractivity contribution < 1.29 is 13.2 Å². The Bertz CT molecular complexity index is 737. The van der Waals surface area contributed by atoms with Crippen molar-refractivity contribution in [2.24, 2.45) is 0 Å². The number of aromatic nitrogens is 3. The quantitative estimate of drug-likeness (QED) is 0.574. The van der Waals surface area contributed by atoms with E-state index < -0.39 is 12.0 Å². The highest BCUT2D eigenvalue weighted by Crippen LogP contribution is 2.27. The fourth-order valence-electron chi connectivity index (χ4n) is 1.70. The van der Waals surface area contributed by atoms with E-state index in [-0.39, 0.29) is 5.65 Å². The maximum absolute atomic E-state index is 12.5. The summed E-state index contributed by atoms with van der Waals surface area (Å²) in [6, 6.07) is 8.88. The van der Waals surface area contributed by atoms with Gasteiger partial charge in [0, 0.05) is 17.0 Å². The Hall–Kier alpha value is -2.24. The molecule has 0 spiro atoms. The minimum Gasteiger partial charge on any atom is -0.232 e. The van der Waals surface area contributed by atoms with E-state index in [9.17, 15) is 13.2 Å². The Kier molecular flexibility index (Phi) is 2.19. The van der Waals surface area contributed by atoms with Gasteiger partial charge < -0.3 is 0 Å². The largest absolute Gasteiger partial charge is 0.451 e. The van der Waals surface area contributed by atoms with Crippen LogP contribution in [0.4, 0.5) is 13.2 Å². The zero-order valence-electron chi connectivity index (χ0n) is 8.94. The van der Waals surface area contributed by atoms with Gasteiger partial charge in [-0.1, -0.05) is 18.2 Å². The first kappa shape index (κ1) is 10.9. The summed E-state index contributed by atoms with van der Waals surface area (Å²) in [5.41, 5.74) is 0.660. The van der Waals surface area contributed by atoms with Gasteiger partial charge in [-0.05, 0) is 12.1 Å². The van der Waals surface area contributed by atoms with Gasteiger partial charge in [-0.2, -0.15) is 13.2 Å². The third kappa shape index (κ3) is 1.75. The third-order valence-electron chi connectivity index (χ3n) is 2.52. The average molecular weight is 249 g/mol. The molecule has 18 heavy (non-hydrogen) atoms. The zero-order chi connectivity index (χ0) is 12.8. The maximum Gasteiger partial charge on any atom is 0.451 e. The average Bonchev–Trinajstić information content (AvgIpc) is 2.34. The fraction of sp³-hybridized carbons (Fsp3) is 0.0833. The van der Waals surface area contributed by atoms with Crippen LogP contribution in [0.1, 0.15) is 5.82 Å². The summed E-state index contributed by atoms with van der Waals surface area (Å²) < 4.78 is 37.4. The van der Waals surface area contributed by atoms with Crippen LogP contribution in [0.25, 0.3) is 21.9 Å². The van der Waals surface area contributed by atoms with Crippen LogP contribution in [0, 0.1) is 0 Å². The monoisotopic (exact) mass is 249 g/mol. The molecule has 0 atom stereocenters. The van der Waals surface area contributed by atoms with Crippen LogP contribution in [0.15, 0.2) is 36.5 Å². The lowest BCUT2D eigenvalue weighted by molar-refractivity contribution is -0.144. The van der Waals surface area contributed by atoms with E-state index in [0.29, 0.717) is 10.9 Å². The molecule has 6 heteroatoms. The number of benzene rings is 1. The molecule has 0 N–H and O–H groups in total. The molecule has 0 aliphatic carbocycles. The molecule has 3 nitrogen and oxygen atoms in total. The summed E-state index contributed by atoms with van der Waals surface area (Å²) >= 11 is 0. The van der Waals surface area contributed by atoms with Crippen molar-refractivity contribution >= 4 is 21.9 Å². The molecular weight excluding hydrogens is 243 g/mol. The van der Waals surface area contributed by atoms with E-state index in [1.54, 1.807) is 18.2 Å². The summed E-state index contributed by atoms with van der Waals surface area (Å²) in [6.45, 7) is 0. The Morgan fingerprint density at radius 1 is 0.944 bits per heavy atom. The van der Waals surface area contributed by atoms with Crippen LogP contribution < -0.4 is 0 Å². The normalized spacial score (nSPS) is 12.2. The Balaban J connectivity index is 2.31. The van der Waals surface area contributed by atoms with Crippen molar-refractivity contribution in [3.05, 3.63) is 42.4 Å². The van der Waals surface area contributed by atoms with E-state index >= 15 is 0 Å². The molecule has 0 unspecified atom stereocenters. The van der Waals surface area contributed by atoms with Crippen molar-refractivity contribution in [1.29, 1.82) is 0 Å². The SMILES string of the molecule is FC(F)(F)c1ncc2cc3ccccc3nc2n1. The molecule has 0 aliphatic rings. The molecule has 3 rings (SSSR count). The predicted octanol–water partition coefficient (Wildman–Crippen LogP) is 3.20. The lowest BCUT2D eigenvalue weighted by Gasteiger charge is -2.05. The second-order valence-corrected chi connectivity index (χ2v) is 3.79. The molecule has 0 saturated heterocycles. The smallest absolute Gasteiger partial charge is 0.232 e. The Morgan fingerprint density at radius 2 is 1.72 bits per heavy atom. The minimum atomic E-state index is -4.55. The molecular formula is C12H6F3N3. The predicted molar refractivity (Wildman–Crippen MR) is 59.8 cm³/mol. The van der Waals surface area contributed by atoms with E-state index in [1.807, 2.05) is 12.1 Å². The highest BCUT2D eigenvalue weighted by atomic mass is 19.4. The number of para-hydroxylation sites is 1. The number of pyridine rings is 1. The molecule has 2 aromatic heterocycles. The highest BCUT2D eigenvalue weighted by molar-refractivity contribution is 5.90. The molecule has 0 bridgehead atoms. The highest BCUT2D eigenvalue weighted by Gasteiger charge is 2.34. The fourth-order valence-corrected chi connectivity index (χ4v) is 1.70. The minimum absolute atomic E-state index is 0.0519. The van der Waals surface area contributed by atoms with Crippen molar-refractivity contribution in [3.63, 3.8) is 0 Å². The molecule has 0 saturated carbocycles. The number of nitrogens with zero attached hydrogens (tertiary/aromatic N) is 3. The summed E-state index contributed by atoms with van der Waals surface area (Å²) in [5.74, 6) is -1.17. The van der Waals surface area contributed by atoms with Gasteiger partial charge in [-0.15, -0.1) is 0 Å². The lowest BCUT2D eigenvalue weighted by atomic mass is 10.2. The molecule has 0 amide bonds. The topological polar surface area (TPSA) is 38.7 Å². The second-order valence-electron chi connectivity index (χ2n) is 3.79. The van der Waals surface area contributed by atoms with Gasteiger partial charge in [0.1, 0.15) is 0 Å². The first-order valence-corrected chi connectivity index (χ1v) is 5.14. The molecule has 0 radical (unpaired) electrons. The van der Waals surface area contributed by atoms with Crippen LogP contribution in [0.2, 0.25) is 0 Å². The summed E-state index contributed by atoms with van der Waals surface area (Å²) in [6.07, 6.45) is -3.41. The second kappa shape index (κ2) is 3.63. The molecule has 2 heterocycles. The summed E-state index contributed by atoms with van der Waals surface area (Å²) in [5, 5.41) is 1.33. The Labute approximate surface area is 99.3 Å². The number of alkyl halides is 3. The third-order valence-corrected chi connectivity index (χ3v) is 2.52. The van der Waals surface area contributed by atoms with Gasteiger partial charge in [0.05, 0.1) is 5.52 Å². The number of hydrogen-bond donors (Lipinski definition) is 0. The first-order chi connectivity index (χ1) is 8.54. The number of halogens is 3. The van der Waals surface area contributed by atoms with E-state index in [2.05, 4.69) is 15.0 Å². The van der Waals surface area contributed by atoms with Gasteiger partial charge in [0.2, 0.25) is 5.82 Å². The van der Waals surface area contributed by atoms with Gasteiger partial charge in [-0.25, -0.2) is 15.0 Å². The van der Waals surface area contributed by atoms with Gasteiger partial charge in [0.15, 0.2) is 5.65 Å². The van der Waals surface area contributed by atoms with Crippen LogP contribution in [-0.4, -0.2) is 15.0 Å². The van der Waals surface area contributed by atoms with E-state index in [4.69, 9.17) is 0 Å². The van der Waals surface area contributed by atoms with E-state index in [1.165, 1.54) is 0 Å². The van der Waals surface area contributed by atoms with Crippen molar-refractivity contribution in [2.45, 2.75) is 6.18 Å². The first-order valence-electron chi connectivity index (χ1n) is 5.14. The van der Waals surface area contributed by atoms with Crippen LogP contribution >= 0.6 is 0 Å². The van der Waals surface area contributed by atoms with Crippen molar-refractivity contribution in [3.8, 4) is 0 Å². The standard InChI is InChI=1S/C12H6F3N3/c13-12(14,15)11-16-6-8-5-7-3-1-2-4-9(7)17-10(8)18-11/h1-6H. The van der Waals surface area contributed by atoms with E-state index in [0.717, 1.165) is 11.6 Å². The maximum atomic E-state index is 12.5. The molecule has 90 valence electrons. The molecule has 0 aliphatic heterocycles.